The lowest BCUT2D eigenvalue weighted by Gasteiger charge is -2.18. The van der Waals surface area contributed by atoms with E-state index in [2.05, 4.69) is 34.4 Å². The van der Waals surface area contributed by atoms with Crippen molar-refractivity contribution < 1.29 is 13.6 Å². The molecule has 0 saturated carbocycles. The molecule has 2 aromatic carbocycles. The van der Waals surface area contributed by atoms with Crippen molar-refractivity contribution in [2.24, 2.45) is 0 Å². The zero-order valence-corrected chi connectivity index (χ0v) is 23.2. The van der Waals surface area contributed by atoms with Gasteiger partial charge in [-0.15, -0.1) is 0 Å². The van der Waals surface area contributed by atoms with Crippen molar-refractivity contribution in [2.45, 2.75) is 40.2 Å². The number of amides is 1. The summed E-state index contributed by atoms with van der Waals surface area (Å²) in [6, 6.07) is 13.1. The lowest BCUT2D eigenvalue weighted by atomic mass is 10.1. The predicted molar refractivity (Wildman–Crippen MR) is 154 cm³/mol. The van der Waals surface area contributed by atoms with Crippen LogP contribution in [0.2, 0.25) is 0 Å². The number of carbonyl (C=O) groups is 1. The molecule has 0 aliphatic heterocycles. The van der Waals surface area contributed by atoms with E-state index in [1.54, 1.807) is 30.3 Å². The molecule has 0 unspecified atom stereocenters. The van der Waals surface area contributed by atoms with Gasteiger partial charge in [-0.25, -0.2) is 13.8 Å². The molecule has 2 N–H and O–H groups in total. The molecular weight excluding hydrogens is 514 g/mol. The number of halogens is 2. The Bertz CT molecular complexity index is 1530. The number of anilines is 1. The topological polar surface area (TPSA) is 92.2 Å². The van der Waals surface area contributed by atoms with Crippen molar-refractivity contribution in [3.63, 3.8) is 0 Å². The molecule has 0 aliphatic rings. The van der Waals surface area contributed by atoms with Crippen molar-refractivity contribution in [3.05, 3.63) is 82.1 Å². The number of nitrogens with one attached hydrogen (secondary N) is 2. The molecule has 4 rings (SSSR count). The van der Waals surface area contributed by atoms with E-state index in [0.717, 1.165) is 42.8 Å². The van der Waals surface area contributed by atoms with E-state index in [0.29, 0.717) is 28.8 Å². The predicted octanol–water partition coefficient (Wildman–Crippen LogP) is 5.01. The highest BCUT2D eigenvalue weighted by atomic mass is 19.1. The number of para-hydroxylation sites is 1. The van der Waals surface area contributed by atoms with Gasteiger partial charge >= 0.3 is 0 Å². The lowest BCUT2D eigenvalue weighted by molar-refractivity contribution is 0.0943. The summed E-state index contributed by atoms with van der Waals surface area (Å²) >= 11 is 0. The maximum absolute atomic E-state index is 14.9. The van der Waals surface area contributed by atoms with Gasteiger partial charge in [-0.3, -0.25) is 14.2 Å². The number of nitrogens with zero attached hydrogens (tertiary/aromatic N) is 4. The fourth-order valence-electron chi connectivity index (χ4n) is 4.50. The van der Waals surface area contributed by atoms with Gasteiger partial charge in [0.05, 0.1) is 5.69 Å². The van der Waals surface area contributed by atoms with Crippen LogP contribution in [0.4, 0.5) is 14.7 Å². The second kappa shape index (κ2) is 12.8. The first-order chi connectivity index (χ1) is 19.2. The number of hydrogen-bond acceptors (Lipinski definition) is 6. The highest BCUT2D eigenvalue weighted by Gasteiger charge is 2.20. The van der Waals surface area contributed by atoms with Crippen molar-refractivity contribution in [1.29, 1.82) is 0 Å². The molecule has 8 nitrogen and oxygen atoms in total. The number of rotatable bonds is 11. The molecule has 0 atom stereocenters. The zero-order valence-electron chi connectivity index (χ0n) is 23.2. The molecule has 4 aromatic rings. The van der Waals surface area contributed by atoms with Gasteiger partial charge in [-0.1, -0.05) is 32.0 Å². The first-order valence-corrected chi connectivity index (χ1v) is 13.5. The van der Waals surface area contributed by atoms with Crippen molar-refractivity contribution in [2.75, 3.05) is 31.5 Å². The Hall–Kier alpha value is -4.18. The summed E-state index contributed by atoms with van der Waals surface area (Å²) in [6.07, 6.45) is 0.821. The van der Waals surface area contributed by atoms with Crippen LogP contribution in [0.25, 0.3) is 28.0 Å². The van der Waals surface area contributed by atoms with E-state index < -0.39 is 22.9 Å². The molecule has 1 amide bonds. The van der Waals surface area contributed by atoms with Crippen molar-refractivity contribution in [3.8, 4) is 16.9 Å². The van der Waals surface area contributed by atoms with Crippen molar-refractivity contribution >= 4 is 22.9 Å². The zero-order chi connectivity index (χ0) is 28.8. The number of pyridine rings is 1. The second-order valence-corrected chi connectivity index (χ2v) is 9.72. The standard InChI is InChI=1S/C30H34F2N6O2/c1-5-37(6-2)18-8-17-33-30-35-26(20-11-13-21(14-12-20)29(40)34-19(3)4)22-15-16-25(39)38(28(22)36-30)27-23(31)9-7-10-24(27)32/h7,9-16,19H,5-6,8,17-18H2,1-4H3,(H,34,40)(H,33,35,36). The van der Waals surface area contributed by atoms with E-state index in [9.17, 15) is 18.4 Å². The Balaban J connectivity index is 1.83. The molecule has 10 heteroatoms. The molecule has 0 fully saturated rings. The molecule has 0 radical (unpaired) electrons. The highest BCUT2D eigenvalue weighted by Crippen LogP contribution is 2.29. The van der Waals surface area contributed by atoms with Crippen LogP contribution in [0.3, 0.4) is 0 Å². The van der Waals surface area contributed by atoms with Crippen LogP contribution >= 0.6 is 0 Å². The molecule has 0 aliphatic carbocycles. The van der Waals surface area contributed by atoms with E-state index in [-0.39, 0.29) is 23.5 Å². The number of fused-ring (bicyclic) bond motifs is 1. The van der Waals surface area contributed by atoms with Crippen LogP contribution in [-0.4, -0.2) is 57.6 Å². The number of benzene rings is 2. The van der Waals surface area contributed by atoms with Crippen LogP contribution in [0.5, 0.6) is 0 Å². The minimum atomic E-state index is -0.885. The van der Waals surface area contributed by atoms with Crippen molar-refractivity contribution in [1.82, 2.24) is 24.8 Å². The summed E-state index contributed by atoms with van der Waals surface area (Å²) in [5.74, 6) is -1.75. The van der Waals surface area contributed by atoms with Gasteiger partial charge in [0, 0.05) is 35.2 Å². The SMILES string of the molecule is CCN(CC)CCCNc1nc(-c2ccc(C(=O)NC(C)C)cc2)c2ccc(=O)n(-c3c(F)cccc3F)c2n1. The van der Waals surface area contributed by atoms with Crippen LogP contribution in [0.15, 0.2) is 59.4 Å². The summed E-state index contributed by atoms with van der Waals surface area (Å²) in [5.41, 5.74) is 0.520. The molecule has 40 heavy (non-hydrogen) atoms. The number of aromatic nitrogens is 3. The highest BCUT2D eigenvalue weighted by molar-refractivity contribution is 5.96. The molecular formula is C30H34F2N6O2. The van der Waals surface area contributed by atoms with E-state index in [1.165, 1.54) is 12.1 Å². The minimum absolute atomic E-state index is 0.0103. The average molecular weight is 549 g/mol. The van der Waals surface area contributed by atoms with E-state index in [4.69, 9.17) is 4.98 Å². The normalized spacial score (nSPS) is 11.4. The molecule has 2 heterocycles. The molecule has 0 bridgehead atoms. The Morgan fingerprint density at radius 3 is 2.27 bits per heavy atom. The maximum atomic E-state index is 14.9. The molecule has 2 aromatic heterocycles. The Morgan fingerprint density at radius 2 is 1.65 bits per heavy atom. The summed E-state index contributed by atoms with van der Waals surface area (Å²) in [7, 11) is 0. The third-order valence-corrected chi connectivity index (χ3v) is 6.58. The van der Waals surface area contributed by atoms with Gasteiger partial charge in [-0.05, 0) is 70.2 Å². The Kier molecular flexibility index (Phi) is 9.21. The minimum Gasteiger partial charge on any atom is -0.354 e. The third kappa shape index (κ3) is 6.34. The van der Waals surface area contributed by atoms with Gasteiger partial charge in [0.15, 0.2) is 5.65 Å². The monoisotopic (exact) mass is 548 g/mol. The van der Waals surface area contributed by atoms with Gasteiger partial charge < -0.3 is 15.5 Å². The number of hydrogen-bond donors (Lipinski definition) is 2. The fourth-order valence-corrected chi connectivity index (χ4v) is 4.50. The molecule has 0 spiro atoms. The number of carbonyl (C=O) groups excluding carboxylic acids is 1. The maximum Gasteiger partial charge on any atom is 0.256 e. The third-order valence-electron chi connectivity index (χ3n) is 6.58. The van der Waals surface area contributed by atoms with Crippen LogP contribution in [0.1, 0.15) is 44.5 Å². The first kappa shape index (κ1) is 28.8. The van der Waals surface area contributed by atoms with Gasteiger partial charge in [0.2, 0.25) is 5.95 Å². The quantitative estimate of drug-likeness (QED) is 0.256. The summed E-state index contributed by atoms with van der Waals surface area (Å²) in [4.78, 5) is 37.0. The van der Waals surface area contributed by atoms with Crippen LogP contribution < -0.4 is 16.2 Å². The summed E-state index contributed by atoms with van der Waals surface area (Å²) in [6.45, 7) is 11.3. The smallest absolute Gasteiger partial charge is 0.256 e. The summed E-state index contributed by atoms with van der Waals surface area (Å²) < 4.78 is 30.7. The first-order valence-electron chi connectivity index (χ1n) is 13.5. The van der Waals surface area contributed by atoms with E-state index in [1.807, 2.05) is 13.8 Å². The molecule has 210 valence electrons. The Morgan fingerprint density at radius 1 is 0.975 bits per heavy atom. The van der Waals surface area contributed by atoms with Gasteiger partial charge in [0.1, 0.15) is 17.3 Å². The van der Waals surface area contributed by atoms with E-state index >= 15 is 0 Å². The lowest BCUT2D eigenvalue weighted by Crippen LogP contribution is -2.29. The van der Waals surface area contributed by atoms with Crippen LogP contribution in [-0.2, 0) is 0 Å². The van der Waals surface area contributed by atoms with Gasteiger partial charge in [0.25, 0.3) is 11.5 Å². The summed E-state index contributed by atoms with van der Waals surface area (Å²) in [5, 5.41) is 6.50. The largest absolute Gasteiger partial charge is 0.354 e. The fraction of sp³-hybridized carbons (Fsp3) is 0.333. The van der Waals surface area contributed by atoms with Gasteiger partial charge in [-0.2, -0.15) is 4.98 Å². The molecule has 0 saturated heterocycles. The average Bonchev–Trinajstić information content (AvgIpc) is 2.93. The Labute approximate surface area is 232 Å². The van der Waals surface area contributed by atoms with Crippen LogP contribution in [0, 0.1) is 11.6 Å². The second-order valence-electron chi connectivity index (χ2n) is 9.72.